The fourth-order valence-electron chi connectivity index (χ4n) is 1.97. The number of piperidine rings is 1. The van der Waals surface area contributed by atoms with Gasteiger partial charge in [0.15, 0.2) is 0 Å². The highest BCUT2D eigenvalue weighted by atomic mass is 32.2. The second kappa shape index (κ2) is 7.89. The van der Waals surface area contributed by atoms with Crippen LogP contribution in [0.15, 0.2) is 12.7 Å². The third-order valence-electron chi connectivity index (χ3n) is 3.08. The lowest BCUT2D eigenvalue weighted by atomic mass is 10.1. The van der Waals surface area contributed by atoms with Crippen molar-refractivity contribution in [2.75, 3.05) is 32.0 Å². The molecule has 1 fully saturated rings. The average molecular weight is 276 g/mol. The lowest BCUT2D eigenvalue weighted by Crippen LogP contribution is -2.41. The maximum Gasteiger partial charge on any atom is 0.214 e. The van der Waals surface area contributed by atoms with Gasteiger partial charge in [-0.3, -0.25) is 0 Å². The Morgan fingerprint density at radius 1 is 1.39 bits per heavy atom. The van der Waals surface area contributed by atoms with Gasteiger partial charge in [0.05, 0.1) is 11.9 Å². The minimum absolute atomic E-state index is 0.162. The van der Waals surface area contributed by atoms with Crippen molar-refractivity contribution in [3.8, 4) is 0 Å². The summed E-state index contributed by atoms with van der Waals surface area (Å²) in [5.74, 6) is 0.162. The van der Waals surface area contributed by atoms with Crippen molar-refractivity contribution < 1.29 is 13.2 Å². The van der Waals surface area contributed by atoms with Crippen LogP contribution in [0.3, 0.4) is 0 Å². The van der Waals surface area contributed by atoms with E-state index in [9.17, 15) is 8.42 Å². The largest absolute Gasteiger partial charge is 0.378 e. The predicted molar refractivity (Wildman–Crippen MR) is 72.8 cm³/mol. The van der Waals surface area contributed by atoms with E-state index in [0.717, 1.165) is 19.3 Å². The Morgan fingerprint density at radius 3 is 2.61 bits per heavy atom. The number of ether oxygens (including phenoxy) is 1. The molecule has 0 aromatic rings. The Morgan fingerprint density at radius 2 is 2.06 bits per heavy atom. The molecule has 0 spiro atoms. The van der Waals surface area contributed by atoms with Crippen molar-refractivity contribution in [1.82, 2.24) is 4.31 Å². The van der Waals surface area contributed by atoms with E-state index >= 15 is 0 Å². The van der Waals surface area contributed by atoms with Crippen LogP contribution in [0.2, 0.25) is 0 Å². The molecule has 0 radical (unpaired) electrons. The van der Waals surface area contributed by atoms with E-state index in [1.807, 2.05) is 0 Å². The van der Waals surface area contributed by atoms with Crippen LogP contribution in [-0.2, 0) is 14.8 Å². The summed E-state index contributed by atoms with van der Waals surface area (Å²) in [6.07, 6.45) is 4.74. The molecule has 0 atom stereocenters. The van der Waals surface area contributed by atoms with Crippen LogP contribution >= 0.6 is 0 Å². The minimum Gasteiger partial charge on any atom is -0.378 e. The number of hydrogen-bond acceptors (Lipinski definition) is 4. The molecule has 2 N–H and O–H groups in total. The smallest absolute Gasteiger partial charge is 0.214 e. The van der Waals surface area contributed by atoms with E-state index in [-0.39, 0.29) is 11.9 Å². The average Bonchev–Trinajstić information content (AvgIpc) is 2.37. The number of allylic oxidation sites excluding steroid dienone is 1. The van der Waals surface area contributed by atoms with Crippen LogP contribution in [0.25, 0.3) is 0 Å². The summed E-state index contributed by atoms with van der Waals surface area (Å²) in [6.45, 7) is 5.98. The molecule has 106 valence electrons. The van der Waals surface area contributed by atoms with Gasteiger partial charge in [-0.15, -0.1) is 6.58 Å². The van der Waals surface area contributed by atoms with Gasteiger partial charge in [-0.1, -0.05) is 6.08 Å². The maximum atomic E-state index is 11.9. The quantitative estimate of drug-likeness (QED) is 0.524. The Balaban J connectivity index is 2.32. The fraction of sp³-hybridized carbons (Fsp3) is 0.833. The molecule has 1 saturated heterocycles. The molecule has 0 unspecified atom stereocenters. The van der Waals surface area contributed by atoms with Crippen LogP contribution in [0.5, 0.6) is 0 Å². The molecule has 1 rings (SSSR count). The van der Waals surface area contributed by atoms with Gasteiger partial charge in [-0.05, 0) is 32.2 Å². The summed E-state index contributed by atoms with van der Waals surface area (Å²) in [5.41, 5.74) is 5.39. The summed E-state index contributed by atoms with van der Waals surface area (Å²) in [7, 11) is -3.11. The second-order valence-corrected chi connectivity index (χ2v) is 6.59. The Labute approximate surface area is 110 Å². The van der Waals surface area contributed by atoms with Crippen molar-refractivity contribution in [1.29, 1.82) is 0 Å². The zero-order valence-corrected chi connectivity index (χ0v) is 11.7. The van der Waals surface area contributed by atoms with E-state index < -0.39 is 10.0 Å². The molecular formula is C12H24N2O3S. The Bertz CT molecular complexity index is 335. The third-order valence-corrected chi connectivity index (χ3v) is 4.98. The highest BCUT2D eigenvalue weighted by Crippen LogP contribution is 2.17. The van der Waals surface area contributed by atoms with E-state index in [0.29, 0.717) is 32.7 Å². The van der Waals surface area contributed by atoms with E-state index in [1.165, 1.54) is 0 Å². The van der Waals surface area contributed by atoms with Crippen LogP contribution in [0.1, 0.15) is 25.7 Å². The molecule has 1 heterocycles. The first-order valence-electron chi connectivity index (χ1n) is 6.50. The molecule has 0 aromatic heterocycles. The molecular weight excluding hydrogens is 252 g/mol. The van der Waals surface area contributed by atoms with Crippen LogP contribution < -0.4 is 5.73 Å². The van der Waals surface area contributed by atoms with Crippen molar-refractivity contribution in [2.24, 2.45) is 5.73 Å². The van der Waals surface area contributed by atoms with Crippen molar-refractivity contribution in [3.05, 3.63) is 12.7 Å². The van der Waals surface area contributed by atoms with Gasteiger partial charge < -0.3 is 10.5 Å². The van der Waals surface area contributed by atoms with Gasteiger partial charge in [0.25, 0.3) is 0 Å². The molecule has 0 amide bonds. The molecule has 1 aliphatic rings. The summed E-state index contributed by atoms with van der Waals surface area (Å²) in [6, 6.07) is 0. The predicted octanol–water partition coefficient (Wildman–Crippen LogP) is 0.722. The van der Waals surface area contributed by atoms with Gasteiger partial charge in [0, 0.05) is 19.7 Å². The highest BCUT2D eigenvalue weighted by molar-refractivity contribution is 7.89. The standard InChI is InChI=1S/C12H24N2O3S/c1-2-3-11-18(15,16)14-8-5-12(6-9-14)17-10-4-7-13/h2,12H,1,3-11,13H2. The molecule has 0 aliphatic carbocycles. The lowest BCUT2D eigenvalue weighted by Gasteiger charge is -2.31. The normalized spacial score (nSPS) is 18.9. The lowest BCUT2D eigenvalue weighted by molar-refractivity contribution is 0.0209. The monoisotopic (exact) mass is 276 g/mol. The summed E-state index contributed by atoms with van der Waals surface area (Å²) < 4.78 is 31.1. The molecule has 5 nitrogen and oxygen atoms in total. The second-order valence-electron chi connectivity index (χ2n) is 4.50. The first kappa shape index (κ1) is 15.6. The molecule has 0 aromatic carbocycles. The maximum absolute atomic E-state index is 11.9. The molecule has 6 heteroatoms. The zero-order valence-electron chi connectivity index (χ0n) is 10.9. The van der Waals surface area contributed by atoms with Gasteiger partial charge in [-0.2, -0.15) is 0 Å². The summed E-state index contributed by atoms with van der Waals surface area (Å²) in [4.78, 5) is 0. The molecule has 18 heavy (non-hydrogen) atoms. The van der Waals surface area contributed by atoms with E-state index in [1.54, 1.807) is 10.4 Å². The van der Waals surface area contributed by atoms with Crippen molar-refractivity contribution >= 4 is 10.0 Å². The van der Waals surface area contributed by atoms with E-state index in [4.69, 9.17) is 10.5 Å². The topological polar surface area (TPSA) is 72.6 Å². The SMILES string of the molecule is C=CCCS(=O)(=O)N1CCC(OCCCN)CC1. The summed E-state index contributed by atoms with van der Waals surface area (Å²) >= 11 is 0. The molecule has 0 saturated carbocycles. The number of nitrogens with zero attached hydrogens (tertiary/aromatic N) is 1. The Hall–Kier alpha value is -0.430. The third kappa shape index (κ3) is 5.06. The van der Waals surface area contributed by atoms with Crippen LogP contribution in [0.4, 0.5) is 0 Å². The number of nitrogens with two attached hydrogens (primary N) is 1. The van der Waals surface area contributed by atoms with Gasteiger partial charge in [-0.25, -0.2) is 12.7 Å². The first-order chi connectivity index (χ1) is 8.60. The van der Waals surface area contributed by atoms with E-state index in [2.05, 4.69) is 6.58 Å². The van der Waals surface area contributed by atoms with Gasteiger partial charge >= 0.3 is 0 Å². The summed E-state index contributed by atoms with van der Waals surface area (Å²) in [5, 5.41) is 0. The highest BCUT2D eigenvalue weighted by Gasteiger charge is 2.27. The fourth-order valence-corrected chi connectivity index (χ4v) is 3.46. The number of sulfonamides is 1. The minimum atomic E-state index is -3.11. The van der Waals surface area contributed by atoms with Crippen molar-refractivity contribution in [3.63, 3.8) is 0 Å². The number of rotatable bonds is 8. The Kier molecular flexibility index (Phi) is 6.85. The van der Waals surface area contributed by atoms with Gasteiger partial charge in [0.2, 0.25) is 10.0 Å². The molecule has 1 aliphatic heterocycles. The van der Waals surface area contributed by atoms with Crippen molar-refractivity contribution in [2.45, 2.75) is 31.8 Å². The zero-order chi connectivity index (χ0) is 13.4. The van der Waals surface area contributed by atoms with Gasteiger partial charge in [0.1, 0.15) is 0 Å². The van der Waals surface area contributed by atoms with Crippen LogP contribution in [-0.4, -0.2) is 50.8 Å². The molecule has 0 bridgehead atoms. The number of hydrogen-bond donors (Lipinski definition) is 1. The first-order valence-corrected chi connectivity index (χ1v) is 8.11. The van der Waals surface area contributed by atoms with Crippen LogP contribution in [0, 0.1) is 0 Å².